The second-order valence-electron chi connectivity index (χ2n) is 6.50. The van der Waals surface area contributed by atoms with E-state index in [1.165, 1.54) is 16.0 Å². The summed E-state index contributed by atoms with van der Waals surface area (Å²) in [7, 11) is 0. The quantitative estimate of drug-likeness (QED) is 0.564. The Balaban J connectivity index is 1.62. The Bertz CT molecular complexity index is 908. The van der Waals surface area contributed by atoms with E-state index < -0.39 is 5.60 Å². The van der Waals surface area contributed by atoms with Gasteiger partial charge in [0.15, 0.2) is 5.60 Å². The summed E-state index contributed by atoms with van der Waals surface area (Å²) in [6.07, 6.45) is 0. The van der Waals surface area contributed by atoms with E-state index in [4.69, 9.17) is 9.73 Å². The third kappa shape index (κ3) is 3.40. The maximum Gasteiger partial charge on any atom is 0.217 e. The highest BCUT2D eigenvalue weighted by Crippen LogP contribution is 2.38. The zero-order chi connectivity index (χ0) is 17.8. The lowest BCUT2D eigenvalue weighted by molar-refractivity contribution is 0.114. The van der Waals surface area contributed by atoms with E-state index in [1.807, 2.05) is 36.0 Å². The lowest BCUT2D eigenvalue weighted by atomic mass is 9.96. The van der Waals surface area contributed by atoms with E-state index in [0.29, 0.717) is 6.54 Å². The molecular weight excluding hydrogens is 338 g/mol. The third-order valence-electron chi connectivity index (χ3n) is 4.66. The summed E-state index contributed by atoms with van der Waals surface area (Å²) in [4.78, 5) is 6.04. The Morgan fingerprint density at radius 1 is 0.885 bits per heavy atom. The number of ether oxygens (including phenoxy) is 1. The smallest absolute Gasteiger partial charge is 0.217 e. The molecule has 130 valence electrons. The van der Waals surface area contributed by atoms with Crippen molar-refractivity contribution in [2.45, 2.75) is 17.4 Å². The van der Waals surface area contributed by atoms with Gasteiger partial charge in [-0.05, 0) is 36.2 Å². The normalized spacial score (nSPS) is 19.0. The van der Waals surface area contributed by atoms with E-state index >= 15 is 0 Å². The summed E-state index contributed by atoms with van der Waals surface area (Å²) in [5.41, 5.74) is 3.01. The van der Waals surface area contributed by atoms with Crippen molar-refractivity contribution in [1.29, 1.82) is 0 Å². The van der Waals surface area contributed by atoms with Crippen molar-refractivity contribution < 1.29 is 4.74 Å². The summed E-state index contributed by atoms with van der Waals surface area (Å²) in [5, 5.41) is 0. The molecule has 26 heavy (non-hydrogen) atoms. The molecule has 3 heteroatoms. The van der Waals surface area contributed by atoms with Gasteiger partial charge in [0.05, 0.1) is 6.54 Å². The van der Waals surface area contributed by atoms with Gasteiger partial charge < -0.3 is 4.74 Å². The molecule has 0 amide bonds. The molecule has 0 fully saturated rings. The summed E-state index contributed by atoms with van der Waals surface area (Å²) in [6, 6.07) is 29.2. The van der Waals surface area contributed by atoms with Crippen LogP contribution in [0.5, 0.6) is 0 Å². The molecule has 1 heterocycles. The second-order valence-corrected chi connectivity index (χ2v) is 7.55. The van der Waals surface area contributed by atoms with Crippen LogP contribution in [0.3, 0.4) is 0 Å². The Morgan fingerprint density at radius 3 is 2.27 bits per heavy atom. The maximum atomic E-state index is 6.55. The molecular formula is C23H21NOS. The van der Waals surface area contributed by atoms with Crippen LogP contribution in [-0.4, -0.2) is 18.2 Å². The van der Waals surface area contributed by atoms with Crippen LogP contribution in [0.2, 0.25) is 0 Å². The molecule has 0 bridgehead atoms. The Labute approximate surface area is 158 Å². The second kappa shape index (κ2) is 7.38. The molecule has 0 radical (unpaired) electrons. The fraction of sp³-hybridized carbons (Fsp3) is 0.174. The van der Waals surface area contributed by atoms with Gasteiger partial charge in [-0.1, -0.05) is 66.7 Å². The molecule has 0 saturated carbocycles. The third-order valence-corrected chi connectivity index (χ3v) is 5.88. The van der Waals surface area contributed by atoms with Gasteiger partial charge in [-0.3, -0.25) is 0 Å². The van der Waals surface area contributed by atoms with Crippen LogP contribution in [0, 0.1) is 6.92 Å². The molecule has 3 aromatic rings. The van der Waals surface area contributed by atoms with E-state index in [-0.39, 0.29) is 0 Å². The number of thioether (sulfide) groups is 1. The average molecular weight is 359 g/mol. The minimum absolute atomic E-state index is 0.431. The summed E-state index contributed by atoms with van der Waals surface area (Å²) >= 11 is 1.81. The predicted octanol–water partition coefficient (Wildman–Crippen LogP) is 5.46. The summed E-state index contributed by atoms with van der Waals surface area (Å²) in [6.45, 7) is 2.74. The summed E-state index contributed by atoms with van der Waals surface area (Å²) < 4.78 is 6.55. The molecule has 3 aromatic carbocycles. The van der Waals surface area contributed by atoms with Crippen LogP contribution >= 0.6 is 11.8 Å². The van der Waals surface area contributed by atoms with Gasteiger partial charge in [0.25, 0.3) is 0 Å². The number of hydrogen-bond acceptors (Lipinski definition) is 3. The van der Waals surface area contributed by atoms with Crippen LogP contribution < -0.4 is 0 Å². The Hall–Kier alpha value is -2.52. The topological polar surface area (TPSA) is 21.6 Å². The molecule has 1 unspecified atom stereocenters. The lowest BCUT2D eigenvalue weighted by Gasteiger charge is -2.29. The van der Waals surface area contributed by atoms with Crippen molar-refractivity contribution >= 4 is 17.7 Å². The zero-order valence-corrected chi connectivity index (χ0v) is 15.6. The SMILES string of the molecule is Cc1ccccc1C1=NCC(CSc2ccccc2)(c2ccccc2)O1. The monoisotopic (exact) mass is 359 g/mol. The van der Waals surface area contributed by atoms with Crippen LogP contribution in [0.4, 0.5) is 0 Å². The van der Waals surface area contributed by atoms with E-state index in [2.05, 4.69) is 67.6 Å². The average Bonchev–Trinajstić information content (AvgIpc) is 3.14. The van der Waals surface area contributed by atoms with Gasteiger partial charge in [0, 0.05) is 16.2 Å². The first kappa shape index (κ1) is 16.9. The minimum atomic E-state index is -0.431. The highest BCUT2D eigenvalue weighted by molar-refractivity contribution is 7.99. The highest BCUT2D eigenvalue weighted by Gasteiger charge is 2.40. The van der Waals surface area contributed by atoms with Crippen molar-refractivity contribution in [2.75, 3.05) is 12.3 Å². The van der Waals surface area contributed by atoms with Crippen molar-refractivity contribution in [2.24, 2.45) is 4.99 Å². The Kier molecular flexibility index (Phi) is 4.81. The lowest BCUT2D eigenvalue weighted by Crippen LogP contribution is -2.33. The van der Waals surface area contributed by atoms with Crippen LogP contribution in [0.25, 0.3) is 0 Å². The molecule has 0 aliphatic carbocycles. The van der Waals surface area contributed by atoms with Crippen molar-refractivity contribution in [3.63, 3.8) is 0 Å². The fourth-order valence-electron chi connectivity index (χ4n) is 3.17. The number of benzene rings is 3. The molecule has 0 saturated heterocycles. The summed E-state index contributed by atoms with van der Waals surface area (Å²) in [5.74, 6) is 1.57. The molecule has 0 spiro atoms. The van der Waals surface area contributed by atoms with E-state index in [9.17, 15) is 0 Å². The van der Waals surface area contributed by atoms with Crippen LogP contribution in [-0.2, 0) is 10.3 Å². The van der Waals surface area contributed by atoms with Gasteiger partial charge in [-0.2, -0.15) is 0 Å². The van der Waals surface area contributed by atoms with Crippen LogP contribution in [0.15, 0.2) is 94.8 Å². The standard InChI is InChI=1S/C23H21NOS/c1-18-10-8-9-15-21(18)22-24-16-23(25-22,19-11-4-2-5-12-19)17-26-20-13-6-3-7-14-20/h2-15H,16-17H2,1H3. The van der Waals surface area contributed by atoms with Gasteiger partial charge >= 0.3 is 0 Å². The molecule has 0 aromatic heterocycles. The molecule has 1 aliphatic rings. The van der Waals surface area contributed by atoms with E-state index in [1.54, 1.807) is 0 Å². The predicted molar refractivity (Wildman–Crippen MR) is 109 cm³/mol. The van der Waals surface area contributed by atoms with Crippen molar-refractivity contribution in [3.05, 3.63) is 102 Å². The van der Waals surface area contributed by atoms with Gasteiger partial charge in [0.2, 0.25) is 5.90 Å². The minimum Gasteiger partial charge on any atom is -0.463 e. The molecule has 1 atom stereocenters. The molecule has 0 N–H and O–H groups in total. The number of aliphatic imine (C=N–C) groups is 1. The van der Waals surface area contributed by atoms with Crippen molar-refractivity contribution in [3.8, 4) is 0 Å². The highest BCUT2D eigenvalue weighted by atomic mass is 32.2. The maximum absolute atomic E-state index is 6.55. The number of aryl methyl sites for hydroxylation is 1. The van der Waals surface area contributed by atoms with Gasteiger partial charge in [0.1, 0.15) is 0 Å². The first-order chi connectivity index (χ1) is 12.8. The Morgan fingerprint density at radius 2 is 1.54 bits per heavy atom. The number of hydrogen-bond donors (Lipinski definition) is 0. The zero-order valence-electron chi connectivity index (χ0n) is 14.8. The van der Waals surface area contributed by atoms with Crippen LogP contribution in [0.1, 0.15) is 16.7 Å². The molecule has 2 nitrogen and oxygen atoms in total. The number of rotatable bonds is 5. The first-order valence-electron chi connectivity index (χ1n) is 8.80. The van der Waals surface area contributed by atoms with Crippen molar-refractivity contribution in [1.82, 2.24) is 0 Å². The van der Waals surface area contributed by atoms with E-state index in [0.717, 1.165) is 17.2 Å². The van der Waals surface area contributed by atoms with Gasteiger partial charge in [-0.25, -0.2) is 4.99 Å². The largest absolute Gasteiger partial charge is 0.463 e. The molecule has 4 rings (SSSR count). The fourth-order valence-corrected chi connectivity index (χ4v) is 4.24. The first-order valence-corrected chi connectivity index (χ1v) is 9.78. The molecule has 1 aliphatic heterocycles. The number of nitrogens with zero attached hydrogens (tertiary/aromatic N) is 1. The van der Waals surface area contributed by atoms with Gasteiger partial charge in [-0.15, -0.1) is 11.8 Å².